The minimum atomic E-state index is 0.434. The normalized spacial score (nSPS) is 10.0. The fourth-order valence-electron chi connectivity index (χ4n) is 0.596. The maximum absolute atomic E-state index is 5.06. The molecule has 0 aromatic heterocycles. The summed E-state index contributed by atoms with van der Waals surface area (Å²) in [4.78, 5) is 0. The summed E-state index contributed by atoms with van der Waals surface area (Å²) < 4.78 is 9.76. The van der Waals surface area contributed by atoms with E-state index in [1.54, 1.807) is 7.11 Å². The van der Waals surface area contributed by atoms with Crippen LogP contribution in [0.3, 0.4) is 0 Å². The largest absolute Gasteiger partial charge is 0.359 e. The Kier molecular flexibility index (Phi) is 7.85. The van der Waals surface area contributed by atoms with Crippen molar-refractivity contribution in [1.29, 1.82) is 0 Å². The molecule has 0 saturated heterocycles. The molecule has 0 amide bonds. The van der Waals surface area contributed by atoms with E-state index in [4.69, 9.17) is 9.47 Å². The third-order valence-corrected chi connectivity index (χ3v) is 1.09. The molecule has 0 fully saturated rings. The van der Waals surface area contributed by atoms with Gasteiger partial charge in [-0.3, -0.25) is 0 Å². The summed E-state index contributed by atoms with van der Waals surface area (Å²) in [6.45, 7) is 3.45. The van der Waals surface area contributed by atoms with Crippen LogP contribution < -0.4 is 0 Å². The van der Waals surface area contributed by atoms with E-state index in [9.17, 15) is 0 Å². The molecule has 0 unspecified atom stereocenters. The van der Waals surface area contributed by atoms with Gasteiger partial charge in [-0.05, 0) is 6.42 Å². The molecular formula is C7H16O2. The van der Waals surface area contributed by atoms with Gasteiger partial charge in [0.1, 0.15) is 6.79 Å². The first-order valence-corrected chi connectivity index (χ1v) is 3.48. The fraction of sp³-hybridized carbons (Fsp3) is 1.00. The van der Waals surface area contributed by atoms with Crippen LogP contribution in [0.4, 0.5) is 0 Å². The zero-order valence-corrected chi connectivity index (χ0v) is 6.35. The summed E-state index contributed by atoms with van der Waals surface area (Å²) in [6, 6.07) is 0. The molecule has 56 valence electrons. The summed E-state index contributed by atoms with van der Waals surface area (Å²) >= 11 is 0. The Morgan fingerprint density at radius 1 is 1.22 bits per heavy atom. The molecule has 0 aliphatic rings. The van der Waals surface area contributed by atoms with Crippen LogP contribution in [-0.2, 0) is 9.47 Å². The van der Waals surface area contributed by atoms with Gasteiger partial charge < -0.3 is 9.47 Å². The zero-order valence-electron chi connectivity index (χ0n) is 6.35. The number of rotatable bonds is 6. The van der Waals surface area contributed by atoms with E-state index in [-0.39, 0.29) is 0 Å². The summed E-state index contributed by atoms with van der Waals surface area (Å²) in [5.41, 5.74) is 0. The molecule has 0 bridgehead atoms. The van der Waals surface area contributed by atoms with Gasteiger partial charge in [-0.15, -0.1) is 0 Å². The predicted octanol–water partition coefficient (Wildman–Crippen LogP) is 1.80. The molecule has 2 nitrogen and oxygen atoms in total. The Hall–Kier alpha value is -0.0800. The highest BCUT2D eigenvalue weighted by Crippen LogP contribution is 1.93. The van der Waals surface area contributed by atoms with Crippen LogP contribution in [-0.4, -0.2) is 20.5 Å². The predicted molar refractivity (Wildman–Crippen MR) is 37.4 cm³/mol. The van der Waals surface area contributed by atoms with Crippen molar-refractivity contribution in [1.82, 2.24) is 0 Å². The first-order chi connectivity index (χ1) is 4.41. The molecule has 2 heteroatoms. The molecule has 0 aliphatic carbocycles. The van der Waals surface area contributed by atoms with Crippen molar-refractivity contribution in [2.45, 2.75) is 26.2 Å². The highest BCUT2D eigenvalue weighted by molar-refractivity contribution is 4.33. The molecule has 0 aromatic rings. The van der Waals surface area contributed by atoms with Gasteiger partial charge in [-0.2, -0.15) is 0 Å². The molecule has 0 aliphatic heterocycles. The van der Waals surface area contributed by atoms with Crippen molar-refractivity contribution in [2.24, 2.45) is 0 Å². The van der Waals surface area contributed by atoms with E-state index >= 15 is 0 Å². The van der Waals surface area contributed by atoms with Gasteiger partial charge in [0, 0.05) is 13.7 Å². The van der Waals surface area contributed by atoms with Crippen molar-refractivity contribution in [3.63, 3.8) is 0 Å². The topological polar surface area (TPSA) is 18.5 Å². The van der Waals surface area contributed by atoms with E-state index in [1.807, 2.05) is 0 Å². The van der Waals surface area contributed by atoms with Crippen LogP contribution in [0.5, 0.6) is 0 Å². The molecule has 0 rings (SSSR count). The summed E-state index contributed by atoms with van der Waals surface area (Å²) in [5, 5.41) is 0. The first kappa shape index (κ1) is 8.92. The maximum Gasteiger partial charge on any atom is 0.146 e. The molecule has 0 atom stereocenters. The van der Waals surface area contributed by atoms with Gasteiger partial charge in [-0.25, -0.2) is 0 Å². The second-order valence-electron chi connectivity index (χ2n) is 2.02. The monoisotopic (exact) mass is 132 g/mol. The third kappa shape index (κ3) is 7.92. The Morgan fingerprint density at radius 3 is 2.56 bits per heavy atom. The van der Waals surface area contributed by atoms with Crippen molar-refractivity contribution in [3.05, 3.63) is 0 Å². The Morgan fingerprint density at radius 2 is 2.00 bits per heavy atom. The Bertz CT molecular complexity index is 40.2. The molecule has 0 heterocycles. The number of hydrogen-bond donors (Lipinski definition) is 0. The van der Waals surface area contributed by atoms with E-state index in [1.165, 1.54) is 12.8 Å². The van der Waals surface area contributed by atoms with Gasteiger partial charge >= 0.3 is 0 Å². The summed E-state index contributed by atoms with van der Waals surface area (Å²) in [6.07, 6.45) is 3.65. The molecule has 0 radical (unpaired) electrons. The minimum Gasteiger partial charge on any atom is -0.359 e. The van der Waals surface area contributed by atoms with Gasteiger partial charge in [-0.1, -0.05) is 19.8 Å². The number of unbranched alkanes of at least 4 members (excludes halogenated alkanes) is 2. The second-order valence-corrected chi connectivity index (χ2v) is 2.02. The van der Waals surface area contributed by atoms with Crippen LogP contribution in [0.15, 0.2) is 0 Å². The highest BCUT2D eigenvalue weighted by Gasteiger charge is 1.84. The average Bonchev–Trinajstić information content (AvgIpc) is 1.89. The van der Waals surface area contributed by atoms with Crippen LogP contribution in [0.2, 0.25) is 0 Å². The summed E-state index contributed by atoms with van der Waals surface area (Å²) in [5.74, 6) is 0. The minimum absolute atomic E-state index is 0.434. The summed E-state index contributed by atoms with van der Waals surface area (Å²) in [7, 11) is 1.64. The first-order valence-electron chi connectivity index (χ1n) is 3.48. The zero-order chi connectivity index (χ0) is 6.95. The fourth-order valence-corrected chi connectivity index (χ4v) is 0.596. The van der Waals surface area contributed by atoms with Crippen LogP contribution in [0, 0.1) is 0 Å². The maximum atomic E-state index is 5.06. The Labute approximate surface area is 57.2 Å². The third-order valence-electron chi connectivity index (χ3n) is 1.09. The number of ether oxygens (including phenoxy) is 2. The molecule has 9 heavy (non-hydrogen) atoms. The van der Waals surface area contributed by atoms with E-state index in [2.05, 4.69) is 6.92 Å². The van der Waals surface area contributed by atoms with Gasteiger partial charge in [0.15, 0.2) is 0 Å². The molecular weight excluding hydrogens is 116 g/mol. The van der Waals surface area contributed by atoms with Crippen LogP contribution in [0.1, 0.15) is 26.2 Å². The lowest BCUT2D eigenvalue weighted by atomic mass is 10.3. The van der Waals surface area contributed by atoms with Gasteiger partial charge in [0.05, 0.1) is 0 Å². The lowest BCUT2D eigenvalue weighted by Crippen LogP contribution is -1.97. The lowest BCUT2D eigenvalue weighted by molar-refractivity contribution is -0.0314. The van der Waals surface area contributed by atoms with Crippen molar-refractivity contribution in [2.75, 3.05) is 20.5 Å². The lowest BCUT2D eigenvalue weighted by Gasteiger charge is -1.99. The number of hydrogen-bond acceptors (Lipinski definition) is 2. The molecule has 0 spiro atoms. The second kappa shape index (κ2) is 7.92. The molecule has 0 saturated carbocycles. The van der Waals surface area contributed by atoms with Gasteiger partial charge in [0.2, 0.25) is 0 Å². The van der Waals surface area contributed by atoms with Crippen molar-refractivity contribution in [3.8, 4) is 0 Å². The van der Waals surface area contributed by atoms with E-state index < -0.39 is 0 Å². The van der Waals surface area contributed by atoms with E-state index in [0.717, 1.165) is 13.0 Å². The standard InChI is InChI=1S/C7H16O2/c1-3-4-5-6-9-7-8-2/h3-7H2,1-2H3. The SMILES string of the molecule is CCCCCOCOC. The van der Waals surface area contributed by atoms with Gasteiger partial charge in [0.25, 0.3) is 0 Å². The van der Waals surface area contributed by atoms with Crippen LogP contribution in [0.25, 0.3) is 0 Å². The average molecular weight is 132 g/mol. The van der Waals surface area contributed by atoms with Crippen LogP contribution >= 0.6 is 0 Å². The highest BCUT2D eigenvalue weighted by atomic mass is 16.7. The molecule has 0 aromatic carbocycles. The Balaban J connectivity index is 2.60. The number of methoxy groups -OCH3 is 1. The van der Waals surface area contributed by atoms with Crippen molar-refractivity contribution < 1.29 is 9.47 Å². The molecule has 0 N–H and O–H groups in total. The smallest absolute Gasteiger partial charge is 0.146 e. The quantitative estimate of drug-likeness (QED) is 0.405. The van der Waals surface area contributed by atoms with E-state index in [0.29, 0.717) is 6.79 Å². The van der Waals surface area contributed by atoms with Crippen molar-refractivity contribution >= 4 is 0 Å².